The molecular formula is C42H38N16S4. The Balaban J connectivity index is 1.06. The summed E-state index contributed by atoms with van der Waals surface area (Å²) in [5.74, 6) is 30.8. The van der Waals surface area contributed by atoms with E-state index in [0.717, 1.165) is 44.5 Å². The number of hydrogen-bond acceptors (Lipinski definition) is 16. The maximum atomic E-state index is 6.59. The molecule has 0 atom stereocenters. The van der Waals surface area contributed by atoms with Crippen molar-refractivity contribution in [2.45, 2.75) is 43.6 Å². The molecule has 0 aliphatic carbocycles. The van der Waals surface area contributed by atoms with E-state index in [-0.39, 0.29) is 0 Å². The van der Waals surface area contributed by atoms with E-state index in [0.29, 0.717) is 66.9 Å². The molecule has 0 spiro atoms. The van der Waals surface area contributed by atoms with Gasteiger partial charge in [-0.15, -0.1) is 40.8 Å². The minimum atomic E-state index is 0.540. The summed E-state index contributed by atoms with van der Waals surface area (Å²) in [4.78, 5) is 0. The third-order valence-electron chi connectivity index (χ3n) is 9.74. The molecule has 5 aromatic carbocycles. The van der Waals surface area contributed by atoms with E-state index in [4.69, 9.17) is 23.4 Å². The molecule has 9 rings (SSSR count). The molecule has 62 heavy (non-hydrogen) atoms. The first-order valence-corrected chi connectivity index (χ1v) is 23.0. The topological polar surface area (TPSA) is 227 Å². The van der Waals surface area contributed by atoms with Crippen LogP contribution in [0.15, 0.2) is 154 Å². The largest absolute Gasteiger partial charge is 0.335 e. The summed E-state index contributed by atoms with van der Waals surface area (Å²) in [6, 6.07) is 43.5. The SMILES string of the molecule is Nn1c(SCc2cc(CSc3nnc(-c4ccccc4)n3N)c(CSc3nnc(-c4ccccc4)n3N)cc2CSc2nnc(-c3ccccc3)n2N)nnc1-c1ccccc1. The lowest BCUT2D eigenvalue weighted by Crippen LogP contribution is -2.12. The van der Waals surface area contributed by atoms with Crippen LogP contribution in [0, 0.1) is 0 Å². The Bertz CT molecular complexity index is 2520. The zero-order chi connectivity index (χ0) is 42.4. The average Bonchev–Trinajstić information content (AvgIpc) is 4.09. The zero-order valence-electron chi connectivity index (χ0n) is 32.8. The van der Waals surface area contributed by atoms with Crippen molar-refractivity contribution in [3.8, 4) is 45.6 Å². The highest BCUT2D eigenvalue weighted by molar-refractivity contribution is 7.99. The van der Waals surface area contributed by atoms with Crippen molar-refractivity contribution in [3.63, 3.8) is 0 Å². The van der Waals surface area contributed by atoms with E-state index in [2.05, 4.69) is 52.9 Å². The molecule has 0 aliphatic rings. The minimum Gasteiger partial charge on any atom is -0.335 e. The van der Waals surface area contributed by atoms with E-state index < -0.39 is 0 Å². The number of benzene rings is 5. The third kappa shape index (κ3) is 8.71. The van der Waals surface area contributed by atoms with Gasteiger partial charge in [0.05, 0.1) is 0 Å². The maximum Gasteiger partial charge on any atom is 0.210 e. The number of hydrogen-bond donors (Lipinski definition) is 4. The van der Waals surface area contributed by atoms with Gasteiger partial charge in [0.15, 0.2) is 23.3 Å². The van der Waals surface area contributed by atoms with E-state index in [1.54, 1.807) is 0 Å². The smallest absolute Gasteiger partial charge is 0.210 e. The van der Waals surface area contributed by atoms with Crippen LogP contribution in [0.2, 0.25) is 0 Å². The van der Waals surface area contributed by atoms with Crippen molar-refractivity contribution in [3.05, 3.63) is 156 Å². The van der Waals surface area contributed by atoms with E-state index in [9.17, 15) is 0 Å². The highest BCUT2D eigenvalue weighted by Crippen LogP contribution is 2.36. The maximum absolute atomic E-state index is 6.59. The summed E-state index contributed by atoms with van der Waals surface area (Å²) in [6.45, 7) is 0. The van der Waals surface area contributed by atoms with Crippen molar-refractivity contribution in [2.24, 2.45) is 0 Å². The Labute approximate surface area is 372 Å². The normalized spacial score (nSPS) is 11.4. The van der Waals surface area contributed by atoms with E-state index in [1.165, 1.54) is 65.8 Å². The van der Waals surface area contributed by atoms with Crippen molar-refractivity contribution < 1.29 is 0 Å². The zero-order valence-corrected chi connectivity index (χ0v) is 36.1. The third-order valence-corrected chi connectivity index (χ3v) is 13.7. The van der Waals surface area contributed by atoms with Gasteiger partial charge in [-0.1, -0.05) is 181 Å². The fourth-order valence-electron chi connectivity index (χ4n) is 6.54. The van der Waals surface area contributed by atoms with E-state index in [1.807, 2.05) is 121 Å². The summed E-state index contributed by atoms with van der Waals surface area (Å²) in [5, 5.41) is 37.8. The number of nitrogens with two attached hydrogens (primary N) is 4. The van der Waals surface area contributed by atoms with Crippen LogP contribution < -0.4 is 23.4 Å². The van der Waals surface area contributed by atoms with Crippen molar-refractivity contribution in [2.75, 3.05) is 23.4 Å². The van der Waals surface area contributed by atoms with Crippen molar-refractivity contribution in [1.82, 2.24) is 59.5 Å². The number of nitrogens with zero attached hydrogens (tertiary/aromatic N) is 12. The molecule has 8 N–H and O–H groups in total. The molecule has 0 amide bonds. The number of nitrogen functional groups attached to an aromatic ring is 4. The van der Waals surface area contributed by atoms with Crippen LogP contribution in [0.3, 0.4) is 0 Å². The quantitative estimate of drug-likeness (QED) is 0.0581. The molecular weight excluding hydrogens is 857 g/mol. The standard InChI is InChI=1S/C42H38N16S4/c43-55-35(27-13-5-1-6-14-27)47-51-39(55)59-23-31-21-33(25-61-41-53-49-37(57(41)45)29-17-9-3-10-18-29)34(26-62-42-54-50-38(58(42)46)30-19-11-4-12-20-30)22-32(31)24-60-40-52-48-36(56(40)44)28-15-7-2-8-16-28/h1-22H,23-26,43-46H2. The molecule has 9 aromatic rings. The number of thioether (sulfide) groups is 4. The molecule has 0 aliphatic heterocycles. The lowest BCUT2D eigenvalue weighted by Gasteiger charge is -2.16. The van der Waals surface area contributed by atoms with Gasteiger partial charge in [-0.05, 0) is 22.3 Å². The van der Waals surface area contributed by atoms with Gasteiger partial charge in [-0.25, -0.2) is 18.7 Å². The Morgan fingerprint density at radius 2 is 0.516 bits per heavy atom. The number of rotatable bonds is 16. The first-order valence-electron chi connectivity index (χ1n) is 19.1. The summed E-state index contributed by atoms with van der Waals surface area (Å²) < 4.78 is 6.12. The fourth-order valence-corrected chi connectivity index (χ4v) is 10.0. The number of aromatic nitrogens is 12. The van der Waals surface area contributed by atoms with Gasteiger partial charge in [-0.2, -0.15) is 0 Å². The Morgan fingerprint density at radius 1 is 0.306 bits per heavy atom. The molecule has 4 heterocycles. The molecule has 16 nitrogen and oxygen atoms in total. The monoisotopic (exact) mass is 894 g/mol. The first kappa shape index (κ1) is 40.7. The van der Waals surface area contributed by atoms with Gasteiger partial charge >= 0.3 is 0 Å². The van der Waals surface area contributed by atoms with Gasteiger partial charge in [-0.3, -0.25) is 0 Å². The predicted molar refractivity (Wildman–Crippen MR) is 247 cm³/mol. The summed E-state index contributed by atoms with van der Waals surface area (Å²) >= 11 is 6.01. The van der Waals surface area contributed by atoms with Crippen LogP contribution in [-0.4, -0.2) is 59.5 Å². The van der Waals surface area contributed by atoms with Crippen LogP contribution in [0.25, 0.3) is 45.6 Å². The molecule has 0 fully saturated rings. The molecule has 4 aromatic heterocycles. The molecule has 0 unspecified atom stereocenters. The lowest BCUT2D eigenvalue weighted by atomic mass is 10.0. The fraction of sp³-hybridized carbons (Fsp3) is 0.0952. The molecule has 0 radical (unpaired) electrons. The van der Waals surface area contributed by atoms with Gasteiger partial charge in [0.2, 0.25) is 20.6 Å². The van der Waals surface area contributed by atoms with Gasteiger partial charge in [0, 0.05) is 45.3 Å². The minimum absolute atomic E-state index is 0.540. The van der Waals surface area contributed by atoms with Crippen LogP contribution in [0.4, 0.5) is 0 Å². The van der Waals surface area contributed by atoms with Gasteiger partial charge in [0.25, 0.3) is 0 Å². The Morgan fingerprint density at radius 3 is 0.726 bits per heavy atom. The second-order valence-corrected chi connectivity index (χ2v) is 17.5. The van der Waals surface area contributed by atoms with Crippen molar-refractivity contribution in [1.29, 1.82) is 0 Å². The van der Waals surface area contributed by atoms with Crippen LogP contribution in [0.5, 0.6) is 0 Å². The second-order valence-electron chi connectivity index (χ2n) is 13.7. The lowest BCUT2D eigenvalue weighted by molar-refractivity contribution is 0.847. The molecule has 20 heteroatoms. The van der Waals surface area contributed by atoms with Gasteiger partial charge < -0.3 is 23.4 Å². The highest BCUT2D eigenvalue weighted by atomic mass is 32.2. The summed E-state index contributed by atoms with van der Waals surface area (Å²) in [5.41, 5.74) is 7.76. The Hall–Kier alpha value is -6.74. The highest BCUT2D eigenvalue weighted by Gasteiger charge is 2.20. The van der Waals surface area contributed by atoms with Crippen LogP contribution in [-0.2, 0) is 23.0 Å². The average molecular weight is 895 g/mol. The van der Waals surface area contributed by atoms with Crippen molar-refractivity contribution >= 4 is 47.0 Å². The van der Waals surface area contributed by atoms with E-state index >= 15 is 0 Å². The van der Waals surface area contributed by atoms with Crippen LogP contribution >= 0.6 is 47.0 Å². The summed E-state index contributed by atoms with van der Waals surface area (Å²) in [7, 11) is 0. The first-order chi connectivity index (χ1) is 30.4. The second kappa shape index (κ2) is 18.5. The summed E-state index contributed by atoms with van der Waals surface area (Å²) in [6.07, 6.45) is 0. The van der Waals surface area contributed by atoms with Gasteiger partial charge in [0.1, 0.15) is 0 Å². The molecule has 0 bridgehead atoms. The molecule has 0 saturated heterocycles. The molecule has 310 valence electrons. The molecule has 0 saturated carbocycles. The van der Waals surface area contributed by atoms with Crippen LogP contribution in [0.1, 0.15) is 22.3 Å². The Kier molecular flexibility index (Phi) is 12.1. The predicted octanol–water partition coefficient (Wildman–Crippen LogP) is 6.75.